The molecule has 5 rings (SSSR count). The summed E-state index contributed by atoms with van der Waals surface area (Å²) in [5.74, 6) is 0.0577. The molecule has 2 atom stereocenters. The first-order chi connectivity index (χ1) is 17.6. The first-order valence-corrected chi connectivity index (χ1v) is 12.1. The summed E-state index contributed by atoms with van der Waals surface area (Å²) in [5.41, 5.74) is 1.28. The van der Waals surface area contributed by atoms with E-state index in [1.165, 1.54) is 20.1 Å². The molecule has 1 spiro atoms. The third kappa shape index (κ3) is 4.70. The summed E-state index contributed by atoms with van der Waals surface area (Å²) in [6.45, 7) is 4.24. The lowest BCUT2D eigenvalue weighted by Gasteiger charge is -2.36. The van der Waals surface area contributed by atoms with Crippen molar-refractivity contribution in [2.24, 2.45) is 0 Å². The van der Waals surface area contributed by atoms with Gasteiger partial charge in [0.05, 0.1) is 29.8 Å². The van der Waals surface area contributed by atoms with Crippen LogP contribution in [0.1, 0.15) is 48.1 Å². The molecule has 3 aromatic heterocycles. The Kier molecular flexibility index (Phi) is 6.25. The van der Waals surface area contributed by atoms with Crippen LogP contribution in [0.25, 0.3) is 11.4 Å². The van der Waals surface area contributed by atoms with Crippen molar-refractivity contribution in [2.45, 2.75) is 50.7 Å². The smallest absolute Gasteiger partial charge is 0.418 e. The number of halogens is 3. The van der Waals surface area contributed by atoms with Gasteiger partial charge in [-0.3, -0.25) is 4.79 Å². The van der Waals surface area contributed by atoms with Crippen LogP contribution in [0.5, 0.6) is 5.88 Å². The number of hydrogen-bond donors (Lipinski definition) is 1. The van der Waals surface area contributed by atoms with E-state index in [0.29, 0.717) is 25.3 Å². The molecule has 37 heavy (non-hydrogen) atoms. The molecule has 1 fully saturated rings. The van der Waals surface area contributed by atoms with Gasteiger partial charge in [-0.1, -0.05) is 0 Å². The Bertz CT molecular complexity index is 1330. The number of likely N-dealkylation sites (tertiary alicyclic amines) is 1. The highest BCUT2D eigenvalue weighted by Crippen LogP contribution is 2.40. The molecule has 0 unspecified atom stereocenters. The van der Waals surface area contributed by atoms with Crippen molar-refractivity contribution in [1.29, 1.82) is 0 Å². The normalized spacial score (nSPS) is 19.9. The van der Waals surface area contributed by atoms with Crippen molar-refractivity contribution in [2.75, 3.05) is 25.5 Å². The van der Waals surface area contributed by atoms with E-state index in [9.17, 15) is 18.0 Å². The van der Waals surface area contributed by atoms with Gasteiger partial charge >= 0.3 is 6.18 Å². The van der Waals surface area contributed by atoms with Crippen LogP contribution < -0.4 is 10.1 Å². The first kappa shape index (κ1) is 24.9. The number of aryl methyl sites for hydroxylation is 2. The van der Waals surface area contributed by atoms with Gasteiger partial charge in [0.15, 0.2) is 5.82 Å². The Morgan fingerprint density at radius 2 is 1.95 bits per heavy atom. The zero-order valence-corrected chi connectivity index (χ0v) is 20.8. The zero-order chi connectivity index (χ0) is 26.4. The van der Waals surface area contributed by atoms with Gasteiger partial charge in [0.1, 0.15) is 5.82 Å². The molecule has 8 nitrogen and oxygen atoms in total. The van der Waals surface area contributed by atoms with Crippen molar-refractivity contribution in [3.05, 3.63) is 59.2 Å². The number of nitrogens with one attached hydrogen (secondary N) is 1. The second kappa shape index (κ2) is 9.28. The second-order valence-corrected chi connectivity index (χ2v) is 9.65. The number of anilines is 1. The molecule has 2 aliphatic heterocycles. The lowest BCUT2D eigenvalue weighted by atomic mass is 9.86. The monoisotopic (exact) mass is 512 g/mol. The minimum absolute atomic E-state index is 0.0350. The number of rotatable bonds is 4. The minimum Gasteiger partial charge on any atom is -0.481 e. The van der Waals surface area contributed by atoms with E-state index in [0.717, 1.165) is 41.7 Å². The molecule has 3 aromatic rings. The summed E-state index contributed by atoms with van der Waals surface area (Å²) < 4.78 is 46.0. The van der Waals surface area contributed by atoms with E-state index in [1.54, 1.807) is 23.4 Å². The lowest BCUT2D eigenvalue weighted by molar-refractivity contribution is -0.139. The molecule has 1 saturated heterocycles. The Morgan fingerprint density at radius 3 is 2.65 bits per heavy atom. The van der Waals surface area contributed by atoms with Crippen LogP contribution >= 0.6 is 0 Å². The highest BCUT2D eigenvalue weighted by Gasteiger charge is 2.44. The molecule has 1 amide bonds. The standard InChI is InChI=1S/C26H27F3N6O2/c1-15(18-12-21(37-3)32-13-20(18)26(27,28)29)24(36)35-10-7-25(14-35)6-5-17-11-19(16(2)33-22(17)34-25)23-30-8-4-9-31-23/h4,8-9,11-13,15H,5-7,10,14H2,1-3H3,(H,33,34)/t15-,25-/m0/s1. The van der Waals surface area contributed by atoms with E-state index in [-0.39, 0.29) is 22.9 Å². The third-order valence-electron chi connectivity index (χ3n) is 7.28. The Balaban J connectivity index is 1.35. The maximum Gasteiger partial charge on any atom is 0.418 e. The minimum atomic E-state index is -4.63. The average molecular weight is 513 g/mol. The molecule has 1 N–H and O–H groups in total. The van der Waals surface area contributed by atoms with Gasteiger partial charge in [-0.15, -0.1) is 0 Å². The van der Waals surface area contributed by atoms with E-state index >= 15 is 0 Å². The van der Waals surface area contributed by atoms with Crippen molar-refractivity contribution < 1.29 is 22.7 Å². The van der Waals surface area contributed by atoms with E-state index in [2.05, 4.69) is 26.3 Å². The largest absolute Gasteiger partial charge is 0.481 e. The summed E-state index contributed by atoms with van der Waals surface area (Å²) in [6.07, 6.45) is 1.70. The molecule has 0 aromatic carbocycles. The van der Waals surface area contributed by atoms with Crippen LogP contribution in [0.2, 0.25) is 0 Å². The number of ether oxygens (including phenoxy) is 1. The van der Waals surface area contributed by atoms with Gasteiger partial charge in [0, 0.05) is 43.3 Å². The Labute approximate surface area is 212 Å². The molecule has 11 heteroatoms. The maximum atomic E-state index is 13.7. The van der Waals surface area contributed by atoms with E-state index in [4.69, 9.17) is 9.72 Å². The predicted molar refractivity (Wildman–Crippen MR) is 130 cm³/mol. The van der Waals surface area contributed by atoms with Crippen molar-refractivity contribution in [1.82, 2.24) is 24.8 Å². The fraction of sp³-hybridized carbons (Fsp3) is 0.423. The number of hydrogen-bond acceptors (Lipinski definition) is 7. The summed E-state index contributed by atoms with van der Waals surface area (Å²) >= 11 is 0. The van der Waals surface area contributed by atoms with Crippen LogP contribution in [-0.4, -0.2) is 56.5 Å². The number of fused-ring (bicyclic) bond motifs is 1. The number of amides is 1. The summed E-state index contributed by atoms with van der Waals surface area (Å²) in [6, 6.07) is 5.02. The number of methoxy groups -OCH3 is 1. The van der Waals surface area contributed by atoms with E-state index < -0.39 is 17.7 Å². The molecule has 194 valence electrons. The summed E-state index contributed by atoms with van der Waals surface area (Å²) in [7, 11) is 1.33. The molecular weight excluding hydrogens is 485 g/mol. The van der Waals surface area contributed by atoms with Crippen molar-refractivity contribution in [3.8, 4) is 17.3 Å². The fourth-order valence-corrected chi connectivity index (χ4v) is 5.23. The van der Waals surface area contributed by atoms with Gasteiger partial charge in [0.25, 0.3) is 0 Å². The van der Waals surface area contributed by atoms with Crippen LogP contribution in [-0.2, 0) is 17.4 Å². The number of carbonyl (C=O) groups is 1. The molecular formula is C26H27F3N6O2. The molecule has 5 heterocycles. The SMILES string of the molecule is COc1cc([C@H](C)C(=O)N2CC[C@@]3(CCc4cc(-c5ncccn5)c(C)nc4N3)C2)c(C(F)(F)F)cn1. The Hall–Kier alpha value is -3.76. The van der Waals surface area contributed by atoms with Gasteiger partial charge in [-0.2, -0.15) is 13.2 Å². The third-order valence-corrected chi connectivity index (χ3v) is 7.28. The van der Waals surface area contributed by atoms with Crippen molar-refractivity contribution in [3.63, 3.8) is 0 Å². The fourth-order valence-electron chi connectivity index (χ4n) is 5.23. The average Bonchev–Trinajstić information content (AvgIpc) is 3.30. The second-order valence-electron chi connectivity index (χ2n) is 9.65. The molecule has 0 aliphatic carbocycles. The maximum absolute atomic E-state index is 13.7. The number of pyridine rings is 2. The number of carbonyl (C=O) groups excluding carboxylic acids is 1. The van der Waals surface area contributed by atoms with Crippen LogP contribution in [0.3, 0.4) is 0 Å². The van der Waals surface area contributed by atoms with Crippen LogP contribution in [0.4, 0.5) is 19.0 Å². The molecule has 0 bridgehead atoms. The number of aromatic nitrogens is 4. The zero-order valence-electron chi connectivity index (χ0n) is 20.8. The molecule has 2 aliphatic rings. The van der Waals surface area contributed by atoms with Crippen LogP contribution in [0, 0.1) is 6.92 Å². The highest BCUT2D eigenvalue weighted by molar-refractivity contribution is 5.84. The predicted octanol–water partition coefficient (Wildman–Crippen LogP) is 4.40. The molecule has 0 saturated carbocycles. The number of nitrogens with zero attached hydrogens (tertiary/aromatic N) is 5. The first-order valence-electron chi connectivity index (χ1n) is 12.1. The summed E-state index contributed by atoms with van der Waals surface area (Å²) in [4.78, 5) is 32.2. The van der Waals surface area contributed by atoms with Gasteiger partial charge < -0.3 is 15.0 Å². The summed E-state index contributed by atoms with van der Waals surface area (Å²) in [5, 5.41) is 3.55. The number of alkyl halides is 3. The highest BCUT2D eigenvalue weighted by atomic mass is 19.4. The van der Waals surface area contributed by atoms with E-state index in [1.807, 2.05) is 6.92 Å². The quantitative estimate of drug-likeness (QED) is 0.554. The molecule has 0 radical (unpaired) electrons. The van der Waals surface area contributed by atoms with Gasteiger partial charge in [-0.25, -0.2) is 19.9 Å². The van der Waals surface area contributed by atoms with Gasteiger partial charge in [-0.05, 0) is 56.4 Å². The topological polar surface area (TPSA) is 93.1 Å². The van der Waals surface area contributed by atoms with Crippen LogP contribution in [0.15, 0.2) is 36.8 Å². The van der Waals surface area contributed by atoms with Gasteiger partial charge in [0.2, 0.25) is 11.8 Å². The Morgan fingerprint density at radius 1 is 1.19 bits per heavy atom. The van der Waals surface area contributed by atoms with Crippen molar-refractivity contribution >= 4 is 11.7 Å². The lowest BCUT2D eigenvalue weighted by Crippen LogP contribution is -2.46.